The first-order chi connectivity index (χ1) is 8.02. The van der Waals surface area contributed by atoms with Crippen molar-refractivity contribution in [1.82, 2.24) is 10.2 Å². The normalized spacial score (nSPS) is 12.8. The van der Waals surface area contributed by atoms with Gasteiger partial charge in [0.25, 0.3) is 0 Å². The molecule has 0 aliphatic rings. The number of nitrogens with zero attached hydrogens (tertiary/aromatic N) is 1. The van der Waals surface area contributed by atoms with Gasteiger partial charge in [0.05, 0.1) is 7.11 Å². The summed E-state index contributed by atoms with van der Waals surface area (Å²) in [6, 6.07) is 6.52. The molecule has 4 heteroatoms. The monoisotopic (exact) mass is 300 g/mol. The average molecular weight is 301 g/mol. The van der Waals surface area contributed by atoms with Crippen LogP contribution in [0.1, 0.15) is 12.5 Å². The van der Waals surface area contributed by atoms with E-state index >= 15 is 0 Å². The van der Waals surface area contributed by atoms with E-state index in [-0.39, 0.29) is 0 Å². The van der Waals surface area contributed by atoms with Crippen LogP contribution in [-0.2, 0) is 6.54 Å². The van der Waals surface area contributed by atoms with Crippen molar-refractivity contribution in [3.63, 3.8) is 0 Å². The van der Waals surface area contributed by atoms with Gasteiger partial charge in [0.15, 0.2) is 0 Å². The van der Waals surface area contributed by atoms with Crippen LogP contribution >= 0.6 is 15.9 Å². The quantitative estimate of drug-likeness (QED) is 0.874. The van der Waals surface area contributed by atoms with Gasteiger partial charge in [-0.2, -0.15) is 0 Å². The molecule has 96 valence electrons. The molecular weight excluding hydrogens is 280 g/mol. The van der Waals surface area contributed by atoms with E-state index in [2.05, 4.69) is 53.2 Å². The van der Waals surface area contributed by atoms with Crippen molar-refractivity contribution in [2.24, 2.45) is 0 Å². The van der Waals surface area contributed by atoms with Crippen LogP contribution in [0.4, 0.5) is 0 Å². The Kier molecular flexibility index (Phi) is 5.95. The van der Waals surface area contributed by atoms with Crippen molar-refractivity contribution >= 4 is 15.9 Å². The molecule has 0 radical (unpaired) electrons. The van der Waals surface area contributed by atoms with Gasteiger partial charge in [0, 0.05) is 29.2 Å². The van der Waals surface area contributed by atoms with Gasteiger partial charge in [0.1, 0.15) is 5.75 Å². The van der Waals surface area contributed by atoms with Gasteiger partial charge in [-0.3, -0.25) is 0 Å². The van der Waals surface area contributed by atoms with Crippen LogP contribution in [0.5, 0.6) is 5.75 Å². The van der Waals surface area contributed by atoms with Gasteiger partial charge >= 0.3 is 0 Å². The second-order valence-electron chi connectivity index (χ2n) is 4.50. The van der Waals surface area contributed by atoms with Crippen LogP contribution in [0.25, 0.3) is 0 Å². The number of benzene rings is 1. The molecule has 0 bridgehead atoms. The highest BCUT2D eigenvalue weighted by molar-refractivity contribution is 9.10. The van der Waals surface area contributed by atoms with Crippen LogP contribution in [0.15, 0.2) is 22.7 Å². The second kappa shape index (κ2) is 6.99. The number of hydrogen-bond acceptors (Lipinski definition) is 3. The molecule has 0 spiro atoms. The molecule has 1 unspecified atom stereocenters. The van der Waals surface area contributed by atoms with Gasteiger partial charge in [-0.15, -0.1) is 0 Å². The molecular formula is C13H21BrN2O. The third-order valence-corrected chi connectivity index (χ3v) is 3.02. The molecule has 0 heterocycles. The van der Waals surface area contributed by atoms with Crippen LogP contribution < -0.4 is 10.1 Å². The minimum absolute atomic E-state index is 0.452. The molecule has 1 N–H and O–H groups in total. The molecule has 0 aromatic heterocycles. The van der Waals surface area contributed by atoms with Crippen molar-refractivity contribution < 1.29 is 4.74 Å². The zero-order valence-electron chi connectivity index (χ0n) is 11.0. The molecule has 1 rings (SSSR count). The molecule has 17 heavy (non-hydrogen) atoms. The third kappa shape index (κ3) is 5.06. The minimum Gasteiger partial charge on any atom is -0.496 e. The van der Waals surface area contributed by atoms with E-state index in [4.69, 9.17) is 4.74 Å². The van der Waals surface area contributed by atoms with Gasteiger partial charge in [-0.25, -0.2) is 0 Å². The van der Waals surface area contributed by atoms with Crippen LogP contribution in [-0.4, -0.2) is 38.7 Å². The van der Waals surface area contributed by atoms with Crippen molar-refractivity contribution in [3.8, 4) is 5.75 Å². The van der Waals surface area contributed by atoms with Gasteiger partial charge in [0.2, 0.25) is 0 Å². The van der Waals surface area contributed by atoms with E-state index in [0.717, 1.165) is 23.3 Å². The fraction of sp³-hybridized carbons (Fsp3) is 0.538. The summed E-state index contributed by atoms with van der Waals surface area (Å²) in [5, 5.41) is 3.49. The Hall–Kier alpha value is -0.580. The second-order valence-corrected chi connectivity index (χ2v) is 5.42. The lowest BCUT2D eigenvalue weighted by Gasteiger charge is -2.19. The molecule has 3 nitrogen and oxygen atoms in total. The van der Waals surface area contributed by atoms with Crippen molar-refractivity contribution in [1.29, 1.82) is 0 Å². The van der Waals surface area contributed by atoms with E-state index in [1.165, 1.54) is 5.56 Å². The van der Waals surface area contributed by atoms with Crippen molar-refractivity contribution in [3.05, 3.63) is 28.2 Å². The molecule has 0 saturated heterocycles. The lowest BCUT2D eigenvalue weighted by molar-refractivity contribution is 0.346. The van der Waals surface area contributed by atoms with Crippen molar-refractivity contribution in [2.75, 3.05) is 27.7 Å². The topological polar surface area (TPSA) is 24.5 Å². The number of likely N-dealkylation sites (N-methyl/N-ethyl adjacent to an activating group) is 1. The van der Waals surface area contributed by atoms with E-state index in [0.29, 0.717) is 6.04 Å². The van der Waals surface area contributed by atoms with Crippen LogP contribution in [0, 0.1) is 0 Å². The number of rotatable bonds is 6. The summed E-state index contributed by atoms with van der Waals surface area (Å²) >= 11 is 3.48. The van der Waals surface area contributed by atoms with Crippen LogP contribution in [0.3, 0.4) is 0 Å². The van der Waals surface area contributed by atoms with E-state index in [1.54, 1.807) is 7.11 Å². The Bertz CT molecular complexity index is 355. The lowest BCUT2D eigenvalue weighted by atomic mass is 10.2. The standard InChI is InChI=1S/C13H21BrN2O/c1-10(9-16(2)3)15-8-11-7-12(14)5-6-13(11)17-4/h5-7,10,15H,8-9H2,1-4H3. The zero-order chi connectivity index (χ0) is 12.8. The average Bonchev–Trinajstić information content (AvgIpc) is 2.25. The minimum atomic E-state index is 0.452. The first-order valence-electron chi connectivity index (χ1n) is 5.73. The molecule has 1 aromatic rings. The molecule has 0 saturated carbocycles. The summed E-state index contributed by atoms with van der Waals surface area (Å²) in [6.45, 7) is 4.03. The molecule has 1 atom stereocenters. The molecule has 0 aliphatic heterocycles. The number of methoxy groups -OCH3 is 1. The Labute approximate surface area is 112 Å². The van der Waals surface area contributed by atoms with Gasteiger partial charge < -0.3 is 15.0 Å². The highest BCUT2D eigenvalue weighted by Gasteiger charge is 2.06. The Balaban J connectivity index is 2.58. The summed E-state index contributed by atoms with van der Waals surface area (Å²) in [6.07, 6.45) is 0. The Morgan fingerprint density at radius 2 is 2.12 bits per heavy atom. The molecule has 0 amide bonds. The fourth-order valence-corrected chi connectivity index (χ4v) is 2.19. The van der Waals surface area contributed by atoms with Gasteiger partial charge in [-0.1, -0.05) is 15.9 Å². The van der Waals surface area contributed by atoms with E-state index < -0.39 is 0 Å². The fourth-order valence-electron chi connectivity index (χ4n) is 1.78. The number of halogens is 1. The highest BCUT2D eigenvalue weighted by atomic mass is 79.9. The Morgan fingerprint density at radius 1 is 1.41 bits per heavy atom. The smallest absolute Gasteiger partial charge is 0.123 e. The highest BCUT2D eigenvalue weighted by Crippen LogP contribution is 2.22. The maximum Gasteiger partial charge on any atom is 0.123 e. The zero-order valence-corrected chi connectivity index (χ0v) is 12.5. The predicted molar refractivity (Wildman–Crippen MR) is 75.5 cm³/mol. The summed E-state index contributed by atoms with van der Waals surface area (Å²) in [7, 11) is 5.87. The largest absolute Gasteiger partial charge is 0.496 e. The molecule has 0 aliphatic carbocycles. The number of hydrogen-bond donors (Lipinski definition) is 1. The summed E-state index contributed by atoms with van der Waals surface area (Å²) < 4.78 is 6.42. The summed E-state index contributed by atoms with van der Waals surface area (Å²) in [5.41, 5.74) is 1.17. The molecule has 0 fully saturated rings. The van der Waals surface area contributed by atoms with Crippen molar-refractivity contribution in [2.45, 2.75) is 19.5 Å². The lowest BCUT2D eigenvalue weighted by Crippen LogP contribution is -2.35. The number of nitrogens with one attached hydrogen (secondary N) is 1. The molecule has 1 aromatic carbocycles. The van der Waals surface area contributed by atoms with Gasteiger partial charge in [-0.05, 0) is 39.2 Å². The SMILES string of the molecule is COc1ccc(Br)cc1CNC(C)CN(C)C. The third-order valence-electron chi connectivity index (χ3n) is 2.52. The van der Waals surface area contributed by atoms with Crippen LogP contribution in [0.2, 0.25) is 0 Å². The van der Waals surface area contributed by atoms with E-state index in [1.807, 2.05) is 12.1 Å². The predicted octanol–water partition coefficient (Wildman–Crippen LogP) is 2.50. The summed E-state index contributed by atoms with van der Waals surface area (Å²) in [4.78, 5) is 2.18. The first-order valence-corrected chi connectivity index (χ1v) is 6.52. The maximum absolute atomic E-state index is 5.34. The number of ether oxygens (including phenoxy) is 1. The maximum atomic E-state index is 5.34. The summed E-state index contributed by atoms with van der Waals surface area (Å²) in [5.74, 6) is 0.928. The first kappa shape index (κ1) is 14.5. The van der Waals surface area contributed by atoms with E-state index in [9.17, 15) is 0 Å². The Morgan fingerprint density at radius 3 is 2.71 bits per heavy atom.